The fourth-order valence-electron chi connectivity index (χ4n) is 3.80. The van der Waals surface area contributed by atoms with Gasteiger partial charge >= 0.3 is 17.6 Å². The monoisotopic (exact) mass is 420 g/mol. The number of hydrogen-bond donors (Lipinski definition) is 1. The van der Waals surface area contributed by atoms with Gasteiger partial charge in [0.05, 0.1) is 5.92 Å². The average molecular weight is 420 g/mol. The Hall–Kier alpha value is -3.61. The van der Waals surface area contributed by atoms with Crippen LogP contribution < -0.4 is 10.9 Å². The third kappa shape index (κ3) is 4.94. The van der Waals surface area contributed by atoms with Gasteiger partial charge < -0.3 is 19.4 Å². The predicted molar refractivity (Wildman–Crippen MR) is 117 cm³/mol. The van der Waals surface area contributed by atoms with Crippen LogP contribution >= 0.6 is 0 Å². The van der Waals surface area contributed by atoms with Crippen molar-refractivity contribution in [3.8, 4) is 0 Å². The highest BCUT2D eigenvalue weighted by molar-refractivity contribution is 5.89. The molecular formula is C24H24N2O5. The van der Waals surface area contributed by atoms with E-state index >= 15 is 0 Å². The van der Waals surface area contributed by atoms with E-state index in [9.17, 15) is 14.4 Å². The second kappa shape index (κ2) is 9.04. The number of ether oxygens (including phenoxy) is 1. The van der Waals surface area contributed by atoms with Crippen molar-refractivity contribution >= 4 is 28.7 Å². The minimum absolute atomic E-state index is 0.0172. The molecule has 7 heteroatoms. The summed E-state index contributed by atoms with van der Waals surface area (Å²) in [6.07, 6.45) is 1.38. The summed E-state index contributed by atoms with van der Waals surface area (Å²) in [7, 11) is 0. The number of piperidine rings is 1. The number of rotatable bonds is 4. The number of hydrogen-bond acceptors (Lipinski definition) is 5. The topological polar surface area (TPSA) is 88.9 Å². The lowest BCUT2D eigenvalue weighted by Gasteiger charge is -2.31. The van der Waals surface area contributed by atoms with Gasteiger partial charge in [-0.3, -0.25) is 4.79 Å². The molecule has 0 spiro atoms. The van der Waals surface area contributed by atoms with Gasteiger partial charge in [0.25, 0.3) is 0 Å². The van der Waals surface area contributed by atoms with Crippen LogP contribution in [0.3, 0.4) is 0 Å². The molecule has 0 radical (unpaired) electrons. The normalized spacial score (nSPS) is 16.2. The summed E-state index contributed by atoms with van der Waals surface area (Å²) >= 11 is 0. The summed E-state index contributed by atoms with van der Waals surface area (Å²) in [5.74, 6) is -0.769. The average Bonchev–Trinajstić information content (AvgIpc) is 2.77. The van der Waals surface area contributed by atoms with E-state index in [1.165, 1.54) is 6.07 Å². The van der Waals surface area contributed by atoms with Gasteiger partial charge in [-0.25, -0.2) is 9.59 Å². The Balaban J connectivity index is 1.39. The zero-order valence-corrected chi connectivity index (χ0v) is 17.3. The van der Waals surface area contributed by atoms with Crippen LogP contribution in [-0.2, 0) is 16.1 Å². The van der Waals surface area contributed by atoms with Gasteiger partial charge in [-0.1, -0.05) is 30.3 Å². The summed E-state index contributed by atoms with van der Waals surface area (Å²) in [6, 6.07) is 15.9. The third-order valence-corrected chi connectivity index (χ3v) is 5.42. The van der Waals surface area contributed by atoms with Crippen LogP contribution in [0.15, 0.2) is 63.8 Å². The zero-order valence-electron chi connectivity index (χ0n) is 17.3. The second-order valence-electron chi connectivity index (χ2n) is 7.78. The van der Waals surface area contributed by atoms with Crippen LogP contribution in [0.2, 0.25) is 0 Å². The van der Waals surface area contributed by atoms with Crippen molar-refractivity contribution in [2.45, 2.75) is 26.4 Å². The Morgan fingerprint density at radius 1 is 1.16 bits per heavy atom. The van der Waals surface area contributed by atoms with E-state index in [2.05, 4.69) is 5.32 Å². The van der Waals surface area contributed by atoms with Crippen molar-refractivity contribution in [1.29, 1.82) is 0 Å². The lowest BCUT2D eigenvalue weighted by Crippen LogP contribution is -2.44. The van der Waals surface area contributed by atoms with Gasteiger partial charge in [0.2, 0.25) is 0 Å². The van der Waals surface area contributed by atoms with Crippen molar-refractivity contribution in [1.82, 2.24) is 4.90 Å². The molecule has 1 aliphatic rings. The van der Waals surface area contributed by atoms with Crippen LogP contribution in [0, 0.1) is 12.8 Å². The van der Waals surface area contributed by atoms with Gasteiger partial charge in [0.15, 0.2) is 0 Å². The Labute approximate surface area is 179 Å². The minimum atomic E-state index is -0.481. The number of amides is 2. The summed E-state index contributed by atoms with van der Waals surface area (Å²) in [6.45, 7) is 2.78. The lowest BCUT2D eigenvalue weighted by atomic mass is 9.98. The molecule has 7 nitrogen and oxygen atoms in total. The number of likely N-dealkylation sites (tertiary alicyclic amines) is 1. The van der Waals surface area contributed by atoms with Crippen molar-refractivity contribution in [3.63, 3.8) is 0 Å². The first-order chi connectivity index (χ1) is 15.0. The fourth-order valence-corrected chi connectivity index (χ4v) is 3.80. The smallest absolute Gasteiger partial charge is 0.336 e. The van der Waals surface area contributed by atoms with E-state index in [-0.39, 0.29) is 18.6 Å². The quantitative estimate of drug-likeness (QED) is 0.507. The van der Waals surface area contributed by atoms with Crippen LogP contribution in [0.1, 0.15) is 24.0 Å². The number of benzene rings is 2. The molecule has 2 amide bonds. The molecule has 0 unspecified atom stereocenters. The number of aryl methyl sites for hydroxylation is 1. The molecule has 2 aromatic carbocycles. The Kier molecular flexibility index (Phi) is 6.02. The maximum Gasteiger partial charge on any atom is 0.336 e. The first-order valence-electron chi connectivity index (χ1n) is 10.3. The lowest BCUT2D eigenvalue weighted by molar-refractivity contribution is -0.151. The van der Waals surface area contributed by atoms with E-state index in [4.69, 9.17) is 9.15 Å². The van der Waals surface area contributed by atoms with Crippen LogP contribution in [0.5, 0.6) is 0 Å². The maximum absolute atomic E-state index is 12.7. The molecule has 1 aliphatic heterocycles. The van der Waals surface area contributed by atoms with E-state index in [1.54, 1.807) is 11.0 Å². The van der Waals surface area contributed by atoms with Crippen molar-refractivity contribution in [2.75, 3.05) is 18.4 Å². The van der Waals surface area contributed by atoms with Gasteiger partial charge in [-0.2, -0.15) is 0 Å². The highest BCUT2D eigenvalue weighted by atomic mass is 16.5. The third-order valence-electron chi connectivity index (χ3n) is 5.42. The van der Waals surface area contributed by atoms with Gasteiger partial charge in [-0.05, 0) is 43.5 Å². The van der Waals surface area contributed by atoms with Crippen LogP contribution in [0.4, 0.5) is 10.5 Å². The Bertz CT molecular complexity index is 1160. The first-order valence-corrected chi connectivity index (χ1v) is 10.3. The molecule has 4 rings (SSSR count). The molecule has 160 valence electrons. The van der Waals surface area contributed by atoms with Crippen LogP contribution in [0.25, 0.3) is 11.0 Å². The van der Waals surface area contributed by atoms with Gasteiger partial charge in [-0.15, -0.1) is 0 Å². The molecule has 0 aliphatic carbocycles. The largest absolute Gasteiger partial charge is 0.461 e. The summed E-state index contributed by atoms with van der Waals surface area (Å²) in [4.78, 5) is 38.7. The standard InChI is InChI=1S/C24H24N2O5/c1-16-9-10-20-18(13-22(27)31-21(20)12-16)15-30-23(28)17-6-5-11-26(14-17)24(29)25-19-7-3-2-4-8-19/h2-4,7-10,12-13,17H,5-6,11,14-15H2,1H3,(H,25,29)/t17-/m0/s1. The number of urea groups is 1. The first kappa shape index (κ1) is 20.7. The number of anilines is 1. The fraction of sp³-hybridized carbons (Fsp3) is 0.292. The van der Waals surface area contributed by atoms with Gasteiger partial charge in [0, 0.05) is 35.8 Å². The van der Waals surface area contributed by atoms with E-state index in [1.807, 2.05) is 49.4 Å². The number of nitrogens with zero attached hydrogens (tertiary/aromatic N) is 1. The Morgan fingerprint density at radius 3 is 2.77 bits per heavy atom. The molecule has 31 heavy (non-hydrogen) atoms. The highest BCUT2D eigenvalue weighted by Crippen LogP contribution is 2.22. The molecule has 0 bridgehead atoms. The number of carbonyl (C=O) groups excluding carboxylic acids is 2. The summed E-state index contributed by atoms with van der Waals surface area (Å²) in [5.41, 5.74) is 2.28. The van der Waals surface area contributed by atoms with Gasteiger partial charge in [0.1, 0.15) is 12.2 Å². The molecule has 1 saturated heterocycles. The molecular weight excluding hydrogens is 396 g/mol. The number of nitrogens with one attached hydrogen (secondary N) is 1. The molecule has 1 aromatic heterocycles. The van der Waals surface area contributed by atoms with Crippen molar-refractivity contribution < 1.29 is 18.7 Å². The van der Waals surface area contributed by atoms with E-state index in [0.29, 0.717) is 36.3 Å². The summed E-state index contributed by atoms with van der Waals surface area (Å²) in [5, 5.41) is 3.59. The molecule has 1 N–H and O–H groups in total. The van der Waals surface area contributed by atoms with E-state index in [0.717, 1.165) is 17.4 Å². The van der Waals surface area contributed by atoms with Crippen molar-refractivity contribution in [2.24, 2.45) is 5.92 Å². The van der Waals surface area contributed by atoms with Crippen LogP contribution in [-0.4, -0.2) is 30.0 Å². The molecule has 0 saturated carbocycles. The number of esters is 1. The number of para-hydroxylation sites is 1. The maximum atomic E-state index is 12.7. The number of fused-ring (bicyclic) bond motifs is 1. The minimum Gasteiger partial charge on any atom is -0.461 e. The van der Waals surface area contributed by atoms with Crippen molar-refractivity contribution in [3.05, 3.63) is 76.1 Å². The molecule has 3 aromatic rings. The SMILES string of the molecule is Cc1ccc2c(COC(=O)[C@H]3CCCN(C(=O)Nc4ccccc4)C3)cc(=O)oc2c1. The summed E-state index contributed by atoms with van der Waals surface area (Å²) < 4.78 is 10.8. The molecule has 1 atom stereocenters. The highest BCUT2D eigenvalue weighted by Gasteiger charge is 2.29. The number of carbonyl (C=O) groups is 2. The Morgan fingerprint density at radius 2 is 1.97 bits per heavy atom. The molecule has 2 heterocycles. The predicted octanol–water partition coefficient (Wildman–Crippen LogP) is 4.09. The van der Waals surface area contributed by atoms with E-state index < -0.39 is 11.5 Å². The molecule has 1 fully saturated rings. The zero-order chi connectivity index (χ0) is 21.8. The second-order valence-corrected chi connectivity index (χ2v) is 7.78.